The number of fused-ring (bicyclic) bond motifs is 1. The number of aromatic nitrogens is 1. The SMILES string of the molecule is CCOCCN1C[C@H](C(=O)Nc2cccnc2)[C@@H]2CCO[C@@H]2C1.O=C(O)C(F)(F)F.O=C(O)C(F)(F)F. The van der Waals surface area contributed by atoms with E-state index in [1.807, 2.05) is 19.1 Å². The number of anilines is 1. The zero-order valence-corrected chi connectivity index (χ0v) is 19.6. The van der Waals surface area contributed by atoms with Crippen LogP contribution in [0, 0.1) is 11.8 Å². The molecule has 3 rings (SSSR count). The Labute approximate surface area is 207 Å². The van der Waals surface area contributed by atoms with E-state index in [0.29, 0.717) is 12.5 Å². The molecule has 3 N–H and O–H groups in total. The fourth-order valence-corrected chi connectivity index (χ4v) is 3.53. The van der Waals surface area contributed by atoms with Crippen LogP contribution in [0.2, 0.25) is 0 Å². The van der Waals surface area contributed by atoms with E-state index in [2.05, 4.69) is 15.2 Å². The van der Waals surface area contributed by atoms with Crippen molar-refractivity contribution in [3.05, 3.63) is 24.5 Å². The van der Waals surface area contributed by atoms with Crippen LogP contribution < -0.4 is 5.32 Å². The number of rotatable bonds is 6. The molecule has 1 aromatic heterocycles. The number of carboxylic acid groups (broad SMARTS) is 2. The molecular formula is C21H27F6N3O7. The van der Waals surface area contributed by atoms with Gasteiger partial charge in [0.25, 0.3) is 0 Å². The topological polar surface area (TPSA) is 138 Å². The highest BCUT2D eigenvalue weighted by molar-refractivity contribution is 5.92. The summed E-state index contributed by atoms with van der Waals surface area (Å²) in [6.07, 6.45) is -5.66. The lowest BCUT2D eigenvalue weighted by molar-refractivity contribution is -0.193. The maximum atomic E-state index is 12.7. The number of carboxylic acids is 2. The molecule has 10 nitrogen and oxygen atoms in total. The first-order valence-corrected chi connectivity index (χ1v) is 10.9. The predicted molar refractivity (Wildman–Crippen MR) is 115 cm³/mol. The van der Waals surface area contributed by atoms with Crippen LogP contribution >= 0.6 is 0 Å². The van der Waals surface area contributed by atoms with Crippen molar-refractivity contribution >= 4 is 23.5 Å². The van der Waals surface area contributed by atoms with Crippen molar-refractivity contribution in [2.45, 2.75) is 31.8 Å². The molecule has 210 valence electrons. The van der Waals surface area contributed by atoms with Crippen LogP contribution in [-0.4, -0.2) is 95.9 Å². The summed E-state index contributed by atoms with van der Waals surface area (Å²) in [6, 6.07) is 3.69. The van der Waals surface area contributed by atoms with Gasteiger partial charge in [-0.3, -0.25) is 14.7 Å². The molecule has 3 heterocycles. The van der Waals surface area contributed by atoms with Crippen molar-refractivity contribution in [3.63, 3.8) is 0 Å². The monoisotopic (exact) mass is 547 g/mol. The first-order chi connectivity index (χ1) is 17.2. The molecule has 1 aromatic rings. The number of hydrogen-bond donors (Lipinski definition) is 3. The van der Waals surface area contributed by atoms with Crippen LogP contribution in [0.3, 0.4) is 0 Å². The molecule has 0 unspecified atom stereocenters. The maximum Gasteiger partial charge on any atom is 0.490 e. The predicted octanol–water partition coefficient (Wildman–Crippen LogP) is 2.66. The lowest BCUT2D eigenvalue weighted by atomic mass is 9.82. The van der Waals surface area contributed by atoms with Crippen LogP contribution in [0.15, 0.2) is 24.5 Å². The summed E-state index contributed by atoms with van der Waals surface area (Å²) in [4.78, 5) is 36.9. The van der Waals surface area contributed by atoms with Gasteiger partial charge in [0.1, 0.15) is 0 Å². The fraction of sp³-hybridized carbons (Fsp3) is 0.619. The van der Waals surface area contributed by atoms with Gasteiger partial charge in [-0.25, -0.2) is 9.59 Å². The first kappa shape index (κ1) is 32.0. The Morgan fingerprint density at radius 2 is 1.73 bits per heavy atom. The summed E-state index contributed by atoms with van der Waals surface area (Å²) in [6.45, 7) is 6.68. The second-order valence-corrected chi connectivity index (χ2v) is 7.76. The molecule has 0 saturated carbocycles. The Morgan fingerprint density at radius 1 is 1.14 bits per heavy atom. The molecule has 2 aliphatic heterocycles. The van der Waals surface area contributed by atoms with Gasteiger partial charge in [-0.1, -0.05) is 0 Å². The van der Waals surface area contributed by atoms with Gasteiger partial charge in [0, 0.05) is 45.0 Å². The zero-order valence-electron chi connectivity index (χ0n) is 19.6. The van der Waals surface area contributed by atoms with Crippen molar-refractivity contribution < 1.29 is 60.4 Å². The first-order valence-electron chi connectivity index (χ1n) is 10.9. The van der Waals surface area contributed by atoms with Crippen LogP contribution in [0.5, 0.6) is 0 Å². The Morgan fingerprint density at radius 3 is 2.22 bits per heavy atom. The van der Waals surface area contributed by atoms with E-state index in [-0.39, 0.29) is 17.9 Å². The second kappa shape index (κ2) is 14.7. The fourth-order valence-electron chi connectivity index (χ4n) is 3.53. The van der Waals surface area contributed by atoms with E-state index in [1.165, 1.54) is 0 Å². The summed E-state index contributed by atoms with van der Waals surface area (Å²) in [7, 11) is 0. The van der Waals surface area contributed by atoms with E-state index >= 15 is 0 Å². The van der Waals surface area contributed by atoms with E-state index in [0.717, 1.165) is 45.0 Å². The minimum atomic E-state index is -5.08. The lowest BCUT2D eigenvalue weighted by Crippen LogP contribution is -2.52. The average molecular weight is 547 g/mol. The lowest BCUT2D eigenvalue weighted by Gasteiger charge is -2.39. The van der Waals surface area contributed by atoms with Crippen molar-refractivity contribution in [3.8, 4) is 0 Å². The largest absolute Gasteiger partial charge is 0.490 e. The molecule has 0 radical (unpaired) electrons. The Balaban J connectivity index is 0.000000404. The van der Waals surface area contributed by atoms with Crippen LogP contribution in [-0.2, 0) is 23.9 Å². The third-order valence-electron chi connectivity index (χ3n) is 5.18. The molecule has 37 heavy (non-hydrogen) atoms. The molecule has 2 fully saturated rings. The van der Waals surface area contributed by atoms with E-state index in [1.54, 1.807) is 12.4 Å². The third-order valence-corrected chi connectivity index (χ3v) is 5.18. The van der Waals surface area contributed by atoms with Crippen molar-refractivity contribution in [1.82, 2.24) is 9.88 Å². The van der Waals surface area contributed by atoms with Gasteiger partial charge in [0.15, 0.2) is 0 Å². The van der Waals surface area contributed by atoms with Crippen molar-refractivity contribution in [1.29, 1.82) is 0 Å². The number of carbonyl (C=O) groups is 3. The van der Waals surface area contributed by atoms with Gasteiger partial charge < -0.3 is 25.0 Å². The summed E-state index contributed by atoms with van der Waals surface area (Å²) in [5.41, 5.74) is 0.749. The number of nitrogens with one attached hydrogen (secondary N) is 1. The van der Waals surface area contributed by atoms with Crippen LogP contribution in [0.1, 0.15) is 13.3 Å². The minimum absolute atomic E-state index is 0.0434. The summed E-state index contributed by atoms with van der Waals surface area (Å²) < 4.78 is 74.8. The maximum absolute atomic E-state index is 12.7. The number of aliphatic carboxylic acids is 2. The van der Waals surface area contributed by atoms with Gasteiger partial charge in [0.05, 0.1) is 30.5 Å². The van der Waals surface area contributed by atoms with E-state index < -0.39 is 24.3 Å². The number of pyridine rings is 1. The zero-order chi connectivity index (χ0) is 28.2. The number of halogens is 6. The van der Waals surface area contributed by atoms with Crippen molar-refractivity contribution in [2.24, 2.45) is 11.8 Å². The molecule has 0 aromatic carbocycles. The molecule has 2 aliphatic rings. The van der Waals surface area contributed by atoms with E-state index in [4.69, 9.17) is 29.3 Å². The second-order valence-electron chi connectivity index (χ2n) is 7.76. The quantitative estimate of drug-likeness (QED) is 0.363. The van der Waals surface area contributed by atoms with Gasteiger partial charge in [-0.2, -0.15) is 26.3 Å². The molecule has 0 aliphatic carbocycles. The van der Waals surface area contributed by atoms with Crippen LogP contribution in [0.4, 0.5) is 32.0 Å². The summed E-state index contributed by atoms with van der Waals surface area (Å²) in [5.74, 6) is -5.17. The van der Waals surface area contributed by atoms with Gasteiger partial charge >= 0.3 is 24.3 Å². The standard InChI is InChI=1S/C17H25N3O3.2C2HF3O2/c1-2-22-9-7-20-11-15(14-5-8-23-16(14)12-20)17(21)19-13-4-3-6-18-10-13;2*3-2(4,5)1(6)7/h3-4,6,10,14-16H,2,5,7-9,11-12H2,1H3,(H,19,21);2*(H,6,7)/t14-,15-,16+;;/m0../s1. The number of piperidine rings is 1. The van der Waals surface area contributed by atoms with Gasteiger partial charge in [-0.15, -0.1) is 0 Å². The number of likely N-dealkylation sites (tertiary alicyclic amines) is 1. The minimum Gasteiger partial charge on any atom is -0.475 e. The smallest absolute Gasteiger partial charge is 0.475 e. The normalized spacial score (nSPS) is 21.4. The highest BCUT2D eigenvalue weighted by Gasteiger charge is 2.44. The molecule has 0 bridgehead atoms. The number of alkyl halides is 6. The van der Waals surface area contributed by atoms with Gasteiger partial charge in [0.2, 0.25) is 5.91 Å². The highest BCUT2D eigenvalue weighted by Crippen LogP contribution is 2.34. The number of ether oxygens (including phenoxy) is 2. The molecule has 0 spiro atoms. The molecule has 1 amide bonds. The summed E-state index contributed by atoms with van der Waals surface area (Å²) in [5, 5.41) is 17.2. The molecule has 3 atom stereocenters. The average Bonchev–Trinajstić information content (AvgIpc) is 3.27. The molecular weight excluding hydrogens is 520 g/mol. The van der Waals surface area contributed by atoms with Gasteiger partial charge in [-0.05, 0) is 25.5 Å². The number of hydrogen-bond acceptors (Lipinski definition) is 7. The third kappa shape index (κ3) is 11.7. The highest BCUT2D eigenvalue weighted by atomic mass is 19.4. The molecule has 16 heteroatoms. The Bertz CT molecular complexity index is 846. The summed E-state index contributed by atoms with van der Waals surface area (Å²) >= 11 is 0. The van der Waals surface area contributed by atoms with Crippen LogP contribution in [0.25, 0.3) is 0 Å². The number of amides is 1. The van der Waals surface area contributed by atoms with E-state index in [9.17, 15) is 31.1 Å². The van der Waals surface area contributed by atoms with Crippen molar-refractivity contribution in [2.75, 3.05) is 44.8 Å². The Hall–Kier alpha value is -2.98. The number of nitrogens with zero attached hydrogens (tertiary/aromatic N) is 2. The Kier molecular flexibility index (Phi) is 12.7. The molecule has 2 saturated heterocycles. The number of carbonyl (C=O) groups excluding carboxylic acids is 1.